The first-order valence-electron chi connectivity index (χ1n) is 15.0. The topological polar surface area (TPSA) is 82.6 Å². The van der Waals surface area contributed by atoms with E-state index in [-0.39, 0.29) is 68.6 Å². The number of halogens is 6. The number of alkyl halides is 2. The molecule has 2 atom stereocenters. The fourth-order valence-electron chi connectivity index (χ4n) is 6.14. The van der Waals surface area contributed by atoms with Gasteiger partial charge in [-0.2, -0.15) is 17.0 Å². The molecule has 2 aliphatic rings. The van der Waals surface area contributed by atoms with E-state index in [0.29, 0.717) is 18.2 Å². The number of ketones is 1. The Morgan fingerprint density at radius 3 is 2.28 bits per heavy atom. The van der Waals surface area contributed by atoms with Crippen molar-refractivity contribution < 1.29 is 39.6 Å². The largest absolute Gasteiger partial charge is 0.314 e. The molecule has 46 heavy (non-hydrogen) atoms. The Balaban J connectivity index is 1.32. The molecule has 5 rings (SSSR count). The Labute approximate surface area is 263 Å². The minimum atomic E-state index is -4.05. The lowest BCUT2D eigenvalue weighted by Crippen LogP contribution is -2.58. The Hall–Kier alpha value is -3.33. The molecular weight excluding hydrogens is 634 g/mol. The fraction of sp³-hybridized carbons (Fsp3) is 0.438. The van der Waals surface area contributed by atoms with Gasteiger partial charge in [-0.05, 0) is 59.4 Å². The number of rotatable bonds is 11. The van der Waals surface area contributed by atoms with Crippen LogP contribution in [0.25, 0.3) is 0 Å². The third kappa shape index (κ3) is 8.14. The molecule has 14 heteroatoms. The monoisotopic (exact) mass is 668 g/mol. The zero-order valence-corrected chi connectivity index (χ0v) is 25.7. The normalized spacial score (nSPS) is 20.0. The summed E-state index contributed by atoms with van der Waals surface area (Å²) in [6.07, 6.45) is 0.995. The number of pyridine rings is 1. The summed E-state index contributed by atoms with van der Waals surface area (Å²) < 4.78 is 114. The van der Waals surface area contributed by atoms with Gasteiger partial charge in [0.25, 0.3) is 16.1 Å². The third-order valence-corrected chi connectivity index (χ3v) is 10.7. The van der Waals surface area contributed by atoms with Crippen molar-refractivity contribution in [2.24, 2.45) is 0 Å². The van der Waals surface area contributed by atoms with Crippen LogP contribution in [0.3, 0.4) is 0 Å². The molecule has 2 aliphatic heterocycles. The number of piperidine rings is 1. The SMILES string of the molecule is O=C(Cc1cncc(F)c1CC[C@H]1CNCCN1S(=O)(=O)N1CCC(F)(F)CC1)C[C@@H](c1ccc(F)cc1)c1cc(F)cc(F)c1. The number of piperazine rings is 1. The lowest BCUT2D eigenvalue weighted by atomic mass is 9.85. The van der Waals surface area contributed by atoms with E-state index in [1.165, 1.54) is 34.8 Å². The van der Waals surface area contributed by atoms with Crippen LogP contribution in [0.15, 0.2) is 54.9 Å². The van der Waals surface area contributed by atoms with Gasteiger partial charge in [0.05, 0.1) is 6.20 Å². The summed E-state index contributed by atoms with van der Waals surface area (Å²) in [4.78, 5) is 17.3. The number of carbonyl (C=O) groups excluding carboxylic acids is 1. The molecule has 0 spiro atoms. The van der Waals surface area contributed by atoms with Crippen molar-refractivity contribution in [3.05, 3.63) is 100 Å². The van der Waals surface area contributed by atoms with Crippen LogP contribution in [0.1, 0.15) is 53.9 Å². The third-order valence-electron chi connectivity index (χ3n) is 8.57. The molecule has 2 aromatic carbocycles. The Morgan fingerprint density at radius 1 is 0.935 bits per heavy atom. The summed E-state index contributed by atoms with van der Waals surface area (Å²) in [5.74, 6) is -6.98. The van der Waals surface area contributed by atoms with E-state index >= 15 is 4.39 Å². The number of carbonyl (C=O) groups is 1. The van der Waals surface area contributed by atoms with Gasteiger partial charge in [0.1, 0.15) is 29.1 Å². The molecule has 0 bridgehead atoms. The predicted molar refractivity (Wildman–Crippen MR) is 158 cm³/mol. The number of benzene rings is 2. The van der Waals surface area contributed by atoms with Crippen molar-refractivity contribution in [3.63, 3.8) is 0 Å². The van der Waals surface area contributed by atoms with Crippen molar-refractivity contribution >= 4 is 16.0 Å². The first kappa shape index (κ1) is 34.0. The van der Waals surface area contributed by atoms with Gasteiger partial charge < -0.3 is 5.32 Å². The van der Waals surface area contributed by atoms with Crippen LogP contribution >= 0.6 is 0 Å². The summed E-state index contributed by atoms with van der Waals surface area (Å²) in [7, 11) is -4.05. The zero-order chi connectivity index (χ0) is 33.1. The molecule has 2 saturated heterocycles. The maximum Gasteiger partial charge on any atom is 0.282 e. The second kappa shape index (κ2) is 14.2. The molecule has 0 unspecified atom stereocenters. The van der Waals surface area contributed by atoms with Gasteiger partial charge in [0.2, 0.25) is 0 Å². The first-order chi connectivity index (χ1) is 21.8. The van der Waals surface area contributed by atoms with Crippen molar-refractivity contribution in [1.29, 1.82) is 0 Å². The summed E-state index contributed by atoms with van der Waals surface area (Å²) in [6.45, 7) is 0.174. The molecule has 0 saturated carbocycles. The quantitative estimate of drug-likeness (QED) is 0.286. The van der Waals surface area contributed by atoms with Gasteiger partial charge in [-0.3, -0.25) is 9.78 Å². The van der Waals surface area contributed by atoms with Crippen molar-refractivity contribution in [2.45, 2.75) is 56.4 Å². The van der Waals surface area contributed by atoms with Crippen LogP contribution in [0.2, 0.25) is 0 Å². The first-order valence-corrected chi connectivity index (χ1v) is 16.4. The highest BCUT2D eigenvalue weighted by Crippen LogP contribution is 2.32. The molecule has 3 heterocycles. The molecule has 7 nitrogen and oxygen atoms in total. The van der Waals surface area contributed by atoms with Crippen LogP contribution in [0.5, 0.6) is 0 Å². The molecule has 1 N–H and O–H groups in total. The number of Topliss-reactive ketones (excluding diaryl/α,β-unsaturated/α-hetero) is 1. The highest BCUT2D eigenvalue weighted by Gasteiger charge is 2.42. The van der Waals surface area contributed by atoms with Gasteiger partial charge in [-0.15, -0.1) is 0 Å². The smallest absolute Gasteiger partial charge is 0.282 e. The lowest BCUT2D eigenvalue weighted by Gasteiger charge is -2.40. The Bertz CT molecular complexity index is 1630. The van der Waals surface area contributed by atoms with Crippen molar-refractivity contribution in [1.82, 2.24) is 18.9 Å². The molecule has 248 valence electrons. The molecular formula is C32H34F6N4O3S. The van der Waals surface area contributed by atoms with E-state index in [0.717, 1.165) is 22.6 Å². The van der Waals surface area contributed by atoms with E-state index < -0.39 is 70.0 Å². The number of hydrogen-bond donors (Lipinski definition) is 1. The zero-order valence-electron chi connectivity index (χ0n) is 24.9. The van der Waals surface area contributed by atoms with Crippen LogP contribution < -0.4 is 5.32 Å². The fourth-order valence-corrected chi connectivity index (χ4v) is 7.96. The van der Waals surface area contributed by atoms with E-state index in [9.17, 15) is 35.2 Å². The van der Waals surface area contributed by atoms with E-state index in [4.69, 9.17) is 0 Å². The standard InChI is InChI=1S/C32H34F6N4O3S/c33-24-3-1-21(2-4-24)30(22-13-25(34)16-26(35)14-22)17-28(43)15-23-18-40-20-31(36)29(23)6-5-27-19-39-9-12-42(27)46(44,45)41-10-7-32(37,38)8-11-41/h1-4,13-14,16,18,20,27,30,39H,5-12,15,17,19H2/t27-,30-/m0/s1. The highest BCUT2D eigenvalue weighted by molar-refractivity contribution is 7.86. The number of aromatic nitrogens is 1. The van der Waals surface area contributed by atoms with Gasteiger partial charge >= 0.3 is 0 Å². The van der Waals surface area contributed by atoms with Gasteiger partial charge in [0.15, 0.2) is 0 Å². The van der Waals surface area contributed by atoms with Crippen LogP contribution in [-0.4, -0.2) is 72.5 Å². The minimum absolute atomic E-state index is 0.0594. The molecule has 2 fully saturated rings. The highest BCUT2D eigenvalue weighted by atomic mass is 32.2. The van der Waals surface area contributed by atoms with E-state index in [2.05, 4.69) is 10.3 Å². The van der Waals surface area contributed by atoms with E-state index in [1.54, 1.807) is 0 Å². The van der Waals surface area contributed by atoms with Crippen LogP contribution in [0.4, 0.5) is 26.3 Å². The average Bonchev–Trinajstić information content (AvgIpc) is 2.99. The van der Waals surface area contributed by atoms with Crippen LogP contribution in [0, 0.1) is 23.3 Å². The van der Waals surface area contributed by atoms with Gasteiger partial charge in [-0.1, -0.05) is 12.1 Å². The predicted octanol–water partition coefficient (Wildman–Crippen LogP) is 5.15. The van der Waals surface area contributed by atoms with Crippen molar-refractivity contribution in [2.75, 3.05) is 32.7 Å². The number of hydrogen-bond acceptors (Lipinski definition) is 5. The number of nitrogens with one attached hydrogen (secondary N) is 1. The maximum atomic E-state index is 15.1. The summed E-state index contributed by atoms with van der Waals surface area (Å²) in [5.41, 5.74) is 1.10. The lowest BCUT2D eigenvalue weighted by molar-refractivity contribution is -0.118. The van der Waals surface area contributed by atoms with E-state index in [1.807, 2.05) is 0 Å². The molecule has 0 amide bonds. The van der Waals surface area contributed by atoms with Gasteiger partial charge in [-0.25, -0.2) is 26.3 Å². The van der Waals surface area contributed by atoms with Gasteiger partial charge in [0, 0.05) is 82.6 Å². The Kier molecular flexibility index (Phi) is 10.5. The molecule has 0 radical (unpaired) electrons. The van der Waals surface area contributed by atoms with Crippen LogP contribution in [-0.2, 0) is 27.8 Å². The Morgan fingerprint density at radius 2 is 1.61 bits per heavy atom. The molecule has 3 aromatic rings. The summed E-state index contributed by atoms with van der Waals surface area (Å²) >= 11 is 0. The number of nitrogens with zero attached hydrogens (tertiary/aromatic N) is 3. The molecule has 0 aliphatic carbocycles. The summed E-state index contributed by atoms with van der Waals surface area (Å²) in [5, 5.41) is 3.13. The average molecular weight is 669 g/mol. The second-order valence-electron chi connectivity index (χ2n) is 11.8. The second-order valence-corrected chi connectivity index (χ2v) is 13.6. The summed E-state index contributed by atoms with van der Waals surface area (Å²) in [6, 6.07) is 7.54. The maximum absolute atomic E-state index is 15.1. The van der Waals surface area contributed by atoms with Crippen molar-refractivity contribution in [3.8, 4) is 0 Å². The minimum Gasteiger partial charge on any atom is -0.314 e. The molecule has 1 aromatic heterocycles.